The van der Waals surface area contributed by atoms with E-state index in [2.05, 4.69) is 9.98 Å². The number of methoxy groups -OCH3 is 1. The van der Waals surface area contributed by atoms with Crippen molar-refractivity contribution in [2.45, 2.75) is 13.8 Å². The number of benzene rings is 1. The Balaban J connectivity index is 2.17. The van der Waals surface area contributed by atoms with Crippen molar-refractivity contribution in [2.24, 2.45) is 4.99 Å². The van der Waals surface area contributed by atoms with Crippen LogP contribution in [0.4, 0.5) is 0 Å². The molecule has 0 saturated carbocycles. The molecular formula is C17H18N2O. The Hall–Kier alpha value is -2.42. The minimum absolute atomic E-state index is 0.859. The quantitative estimate of drug-likeness (QED) is 0.785. The van der Waals surface area contributed by atoms with Crippen molar-refractivity contribution >= 4 is 11.3 Å². The van der Waals surface area contributed by atoms with E-state index in [0.717, 1.165) is 28.2 Å². The second kappa shape index (κ2) is 6.66. The van der Waals surface area contributed by atoms with Gasteiger partial charge in [-0.25, -0.2) is 0 Å². The van der Waals surface area contributed by atoms with E-state index in [9.17, 15) is 0 Å². The molecule has 0 unspecified atom stereocenters. The number of aromatic nitrogens is 1. The summed E-state index contributed by atoms with van der Waals surface area (Å²) >= 11 is 0. The standard InChI is InChI=1S/C17H18N2O/c1-13(15-4-6-17(20-3)7-5-15)12-19-14(2)16-8-10-18-11-9-16/h4-12H,1-3H3/b13-12+,19-14?. The zero-order valence-corrected chi connectivity index (χ0v) is 12.0. The predicted molar refractivity (Wildman–Crippen MR) is 83.1 cm³/mol. The third-order valence-corrected chi connectivity index (χ3v) is 3.10. The lowest BCUT2D eigenvalue weighted by atomic mass is 10.1. The molecule has 2 aromatic rings. The highest BCUT2D eigenvalue weighted by Gasteiger charge is 1.97. The van der Waals surface area contributed by atoms with Gasteiger partial charge in [0.15, 0.2) is 0 Å². The number of rotatable bonds is 4. The summed E-state index contributed by atoms with van der Waals surface area (Å²) in [4.78, 5) is 8.51. The third-order valence-electron chi connectivity index (χ3n) is 3.10. The van der Waals surface area contributed by atoms with Crippen molar-refractivity contribution in [2.75, 3.05) is 7.11 Å². The van der Waals surface area contributed by atoms with Crippen LogP contribution in [0.3, 0.4) is 0 Å². The molecule has 0 aliphatic carbocycles. The fourth-order valence-corrected chi connectivity index (χ4v) is 1.79. The van der Waals surface area contributed by atoms with Gasteiger partial charge < -0.3 is 4.74 Å². The summed E-state index contributed by atoms with van der Waals surface area (Å²) < 4.78 is 5.15. The van der Waals surface area contributed by atoms with Crippen molar-refractivity contribution in [3.8, 4) is 5.75 Å². The summed E-state index contributed by atoms with van der Waals surface area (Å²) in [5.41, 5.74) is 4.30. The zero-order valence-electron chi connectivity index (χ0n) is 12.0. The molecule has 0 radical (unpaired) electrons. The lowest BCUT2D eigenvalue weighted by molar-refractivity contribution is 0.415. The monoisotopic (exact) mass is 266 g/mol. The van der Waals surface area contributed by atoms with E-state index >= 15 is 0 Å². The third kappa shape index (κ3) is 3.54. The Morgan fingerprint density at radius 1 is 1.00 bits per heavy atom. The SMILES string of the molecule is COc1ccc(/C(C)=C/N=C(C)c2ccncc2)cc1. The van der Waals surface area contributed by atoms with Gasteiger partial charge in [-0.15, -0.1) is 0 Å². The Bertz CT molecular complexity index is 613. The number of aliphatic imine (C=N–C) groups is 1. The Morgan fingerprint density at radius 3 is 2.25 bits per heavy atom. The number of hydrogen-bond acceptors (Lipinski definition) is 3. The van der Waals surface area contributed by atoms with Gasteiger partial charge in [0.25, 0.3) is 0 Å². The van der Waals surface area contributed by atoms with Gasteiger partial charge >= 0.3 is 0 Å². The van der Waals surface area contributed by atoms with Crippen LogP contribution in [0.2, 0.25) is 0 Å². The fourth-order valence-electron chi connectivity index (χ4n) is 1.79. The lowest BCUT2D eigenvalue weighted by Gasteiger charge is -2.03. The molecule has 0 bridgehead atoms. The van der Waals surface area contributed by atoms with Gasteiger partial charge in [-0.05, 0) is 54.8 Å². The van der Waals surface area contributed by atoms with Crippen LogP contribution in [0.5, 0.6) is 5.75 Å². The first kappa shape index (κ1) is 14.0. The van der Waals surface area contributed by atoms with E-state index in [0.29, 0.717) is 0 Å². The maximum Gasteiger partial charge on any atom is 0.118 e. The van der Waals surface area contributed by atoms with E-state index in [4.69, 9.17) is 4.74 Å². The Labute approximate surface area is 119 Å². The van der Waals surface area contributed by atoms with E-state index < -0.39 is 0 Å². The van der Waals surface area contributed by atoms with Crippen molar-refractivity contribution in [3.63, 3.8) is 0 Å². The molecular weight excluding hydrogens is 248 g/mol. The molecule has 3 nitrogen and oxygen atoms in total. The van der Waals surface area contributed by atoms with Crippen molar-refractivity contribution in [1.29, 1.82) is 0 Å². The lowest BCUT2D eigenvalue weighted by Crippen LogP contribution is -1.93. The maximum atomic E-state index is 5.15. The van der Waals surface area contributed by atoms with Crippen LogP contribution in [0.15, 0.2) is 60.0 Å². The molecule has 20 heavy (non-hydrogen) atoms. The molecule has 0 fully saturated rings. The van der Waals surface area contributed by atoms with Crippen LogP contribution in [-0.4, -0.2) is 17.8 Å². The van der Waals surface area contributed by atoms with Crippen LogP contribution < -0.4 is 4.74 Å². The maximum absolute atomic E-state index is 5.15. The van der Waals surface area contributed by atoms with Crippen LogP contribution >= 0.6 is 0 Å². The molecule has 0 aliphatic rings. The molecule has 1 aromatic heterocycles. The zero-order chi connectivity index (χ0) is 14.4. The summed E-state index contributed by atoms with van der Waals surface area (Å²) in [6.45, 7) is 4.04. The highest BCUT2D eigenvalue weighted by Crippen LogP contribution is 2.18. The van der Waals surface area contributed by atoms with Gasteiger partial charge in [-0.2, -0.15) is 0 Å². The van der Waals surface area contributed by atoms with Gasteiger partial charge in [0.2, 0.25) is 0 Å². The fraction of sp³-hybridized carbons (Fsp3) is 0.176. The molecule has 0 aliphatic heterocycles. The topological polar surface area (TPSA) is 34.5 Å². The van der Waals surface area contributed by atoms with Crippen molar-refractivity contribution in [1.82, 2.24) is 4.98 Å². The predicted octanol–water partition coefficient (Wildman–Crippen LogP) is 3.96. The number of pyridine rings is 1. The normalized spacial score (nSPS) is 12.3. The molecule has 0 N–H and O–H groups in total. The minimum Gasteiger partial charge on any atom is -0.497 e. The smallest absolute Gasteiger partial charge is 0.118 e. The summed E-state index contributed by atoms with van der Waals surface area (Å²) in [5, 5.41) is 0. The summed E-state index contributed by atoms with van der Waals surface area (Å²) in [5.74, 6) is 0.859. The molecule has 3 heteroatoms. The Morgan fingerprint density at radius 2 is 1.65 bits per heavy atom. The van der Waals surface area contributed by atoms with Crippen molar-refractivity contribution in [3.05, 3.63) is 66.1 Å². The average Bonchev–Trinajstić information content (AvgIpc) is 2.53. The Kier molecular flexibility index (Phi) is 4.66. The summed E-state index contributed by atoms with van der Waals surface area (Å²) in [6, 6.07) is 11.9. The first-order valence-electron chi connectivity index (χ1n) is 6.46. The van der Waals surface area contributed by atoms with Crippen LogP contribution in [0, 0.1) is 0 Å². The minimum atomic E-state index is 0.859. The molecule has 0 saturated heterocycles. The number of ether oxygens (including phenoxy) is 1. The van der Waals surface area contributed by atoms with Gasteiger partial charge in [0.05, 0.1) is 7.11 Å². The number of allylic oxidation sites excluding steroid dienone is 1. The van der Waals surface area contributed by atoms with Crippen LogP contribution in [0.25, 0.3) is 5.57 Å². The molecule has 1 heterocycles. The largest absolute Gasteiger partial charge is 0.497 e. The van der Waals surface area contributed by atoms with E-state index in [1.54, 1.807) is 19.5 Å². The van der Waals surface area contributed by atoms with E-state index in [1.165, 1.54) is 0 Å². The summed E-state index contributed by atoms with van der Waals surface area (Å²) in [6.07, 6.45) is 5.43. The molecule has 2 rings (SSSR count). The molecule has 102 valence electrons. The van der Waals surface area contributed by atoms with E-state index in [-0.39, 0.29) is 0 Å². The van der Waals surface area contributed by atoms with Crippen LogP contribution in [-0.2, 0) is 0 Å². The summed E-state index contributed by atoms with van der Waals surface area (Å²) in [7, 11) is 1.67. The van der Waals surface area contributed by atoms with Gasteiger partial charge in [-0.1, -0.05) is 12.1 Å². The van der Waals surface area contributed by atoms with Gasteiger partial charge in [0, 0.05) is 24.3 Å². The molecule has 1 aromatic carbocycles. The molecule has 0 amide bonds. The first-order valence-corrected chi connectivity index (χ1v) is 6.46. The van der Waals surface area contributed by atoms with E-state index in [1.807, 2.05) is 56.4 Å². The molecule has 0 atom stereocenters. The molecule has 0 spiro atoms. The second-order valence-corrected chi connectivity index (χ2v) is 4.49. The number of hydrogen-bond donors (Lipinski definition) is 0. The van der Waals surface area contributed by atoms with Gasteiger partial charge in [0.1, 0.15) is 5.75 Å². The number of nitrogens with zero attached hydrogens (tertiary/aromatic N) is 2. The highest BCUT2D eigenvalue weighted by molar-refractivity contribution is 5.99. The first-order chi connectivity index (χ1) is 9.70. The average molecular weight is 266 g/mol. The van der Waals surface area contributed by atoms with Crippen LogP contribution in [0.1, 0.15) is 25.0 Å². The van der Waals surface area contributed by atoms with Crippen molar-refractivity contribution < 1.29 is 4.74 Å². The van der Waals surface area contributed by atoms with Gasteiger partial charge in [-0.3, -0.25) is 9.98 Å². The highest BCUT2D eigenvalue weighted by atomic mass is 16.5. The second-order valence-electron chi connectivity index (χ2n) is 4.49.